The number of hydrogen-bond donors (Lipinski definition) is 3. The van der Waals surface area contributed by atoms with E-state index in [4.69, 9.17) is 0 Å². The average Bonchev–Trinajstić information content (AvgIpc) is 2.04. The minimum Gasteiger partial charge on any atom is -0.334 e. The smallest absolute Gasteiger partial charge is 0.321 e. The second kappa shape index (κ2) is 2.75. The van der Waals surface area contributed by atoms with Crippen LogP contribution in [0, 0.1) is 5.92 Å². The Hall–Kier alpha value is -1.10. The molecule has 5 heteroatoms. The van der Waals surface area contributed by atoms with Crippen molar-refractivity contribution in [2.75, 3.05) is 13.1 Å². The number of urea groups is 1. The highest BCUT2D eigenvalue weighted by Gasteiger charge is 2.36. The number of carbonyl (C=O) groups excluding carboxylic acids is 2. The van der Waals surface area contributed by atoms with Crippen LogP contribution in [0.15, 0.2) is 0 Å². The van der Waals surface area contributed by atoms with Crippen LogP contribution in [0.25, 0.3) is 0 Å². The van der Waals surface area contributed by atoms with Crippen molar-refractivity contribution in [3.8, 4) is 0 Å². The molecule has 12 heavy (non-hydrogen) atoms. The highest BCUT2D eigenvalue weighted by Crippen LogP contribution is 2.14. The molecule has 2 fully saturated rings. The Morgan fingerprint density at radius 2 is 2.17 bits per heavy atom. The molecular weight excluding hydrogens is 158 g/mol. The van der Waals surface area contributed by atoms with Crippen LogP contribution in [0.2, 0.25) is 0 Å². The minimum atomic E-state index is -0.358. The number of nitrogens with one attached hydrogen (secondary N) is 3. The lowest BCUT2D eigenvalue weighted by atomic mass is 9.91. The maximum atomic E-state index is 11.2. The topological polar surface area (TPSA) is 70.2 Å². The summed E-state index contributed by atoms with van der Waals surface area (Å²) in [6.07, 6.45) is 0.837. The summed E-state index contributed by atoms with van der Waals surface area (Å²) < 4.78 is 0. The molecule has 2 atom stereocenters. The molecule has 0 aliphatic carbocycles. The lowest BCUT2D eigenvalue weighted by molar-refractivity contribution is -0.126. The van der Waals surface area contributed by atoms with Gasteiger partial charge in [-0.2, -0.15) is 0 Å². The summed E-state index contributed by atoms with van der Waals surface area (Å²) in [6, 6.07) is -0.323. The van der Waals surface area contributed by atoms with E-state index in [1.807, 2.05) is 0 Å². The Balaban J connectivity index is 2.11. The number of amides is 3. The van der Waals surface area contributed by atoms with E-state index in [0.29, 0.717) is 6.54 Å². The molecule has 3 N–H and O–H groups in total. The van der Waals surface area contributed by atoms with Crippen molar-refractivity contribution in [3.63, 3.8) is 0 Å². The molecule has 2 aliphatic heterocycles. The zero-order valence-corrected chi connectivity index (χ0v) is 6.59. The Morgan fingerprint density at radius 3 is 3.00 bits per heavy atom. The summed E-state index contributed by atoms with van der Waals surface area (Å²) in [6.45, 7) is 1.53. The lowest BCUT2D eigenvalue weighted by Crippen LogP contribution is -2.62. The second-order valence-corrected chi connectivity index (χ2v) is 3.17. The third-order valence-electron chi connectivity index (χ3n) is 2.37. The average molecular weight is 169 g/mol. The summed E-state index contributed by atoms with van der Waals surface area (Å²) in [7, 11) is 0. The third kappa shape index (κ3) is 1.16. The Kier molecular flexibility index (Phi) is 1.73. The SMILES string of the molecule is O=C1NC(=O)[C@H]2CNCC[C@H]2N1. The normalized spacial score (nSPS) is 35.0. The van der Waals surface area contributed by atoms with E-state index in [1.54, 1.807) is 0 Å². The van der Waals surface area contributed by atoms with Gasteiger partial charge in [0.1, 0.15) is 0 Å². The predicted octanol–water partition coefficient (Wildman–Crippen LogP) is -1.20. The van der Waals surface area contributed by atoms with Crippen LogP contribution in [0.4, 0.5) is 4.79 Å². The third-order valence-corrected chi connectivity index (χ3v) is 2.37. The first kappa shape index (κ1) is 7.54. The molecule has 0 aromatic rings. The van der Waals surface area contributed by atoms with E-state index in [0.717, 1.165) is 13.0 Å². The molecule has 5 nitrogen and oxygen atoms in total. The molecule has 0 aromatic carbocycles. The summed E-state index contributed by atoms with van der Waals surface area (Å²) >= 11 is 0. The molecular formula is C7H11N3O2. The van der Waals surface area contributed by atoms with Crippen molar-refractivity contribution in [2.45, 2.75) is 12.5 Å². The van der Waals surface area contributed by atoms with Crippen LogP contribution in [0.5, 0.6) is 0 Å². The quantitative estimate of drug-likeness (QED) is 0.427. The van der Waals surface area contributed by atoms with E-state index in [1.165, 1.54) is 0 Å². The van der Waals surface area contributed by atoms with Crippen molar-refractivity contribution in [1.29, 1.82) is 0 Å². The van der Waals surface area contributed by atoms with Crippen molar-refractivity contribution >= 4 is 11.9 Å². The minimum absolute atomic E-state index is 0.0347. The van der Waals surface area contributed by atoms with Gasteiger partial charge >= 0.3 is 6.03 Å². The molecule has 2 rings (SSSR count). The first-order chi connectivity index (χ1) is 5.77. The monoisotopic (exact) mass is 169 g/mol. The van der Waals surface area contributed by atoms with Crippen LogP contribution >= 0.6 is 0 Å². The highest BCUT2D eigenvalue weighted by molar-refractivity contribution is 5.98. The lowest BCUT2D eigenvalue weighted by Gasteiger charge is -2.35. The van der Waals surface area contributed by atoms with Crippen molar-refractivity contribution in [3.05, 3.63) is 0 Å². The fourth-order valence-corrected chi connectivity index (χ4v) is 1.72. The van der Waals surface area contributed by atoms with E-state index < -0.39 is 0 Å². The second-order valence-electron chi connectivity index (χ2n) is 3.17. The molecule has 3 amide bonds. The molecule has 0 bridgehead atoms. The predicted molar refractivity (Wildman–Crippen MR) is 41.4 cm³/mol. The van der Waals surface area contributed by atoms with Gasteiger partial charge in [0.2, 0.25) is 5.91 Å². The van der Waals surface area contributed by atoms with Gasteiger partial charge in [-0.1, -0.05) is 0 Å². The standard InChI is InChI=1S/C7H11N3O2/c11-6-4-3-8-2-1-5(4)9-7(12)10-6/h4-5,8H,1-3H2,(H2,9,10,11,12)/t4-,5+/m0/s1. The van der Waals surface area contributed by atoms with Crippen LogP contribution in [-0.2, 0) is 4.79 Å². The van der Waals surface area contributed by atoms with Crippen LogP contribution < -0.4 is 16.0 Å². The number of piperidine rings is 1. The van der Waals surface area contributed by atoms with Gasteiger partial charge in [-0.05, 0) is 13.0 Å². The number of rotatable bonds is 0. The molecule has 0 aromatic heterocycles. The maximum Gasteiger partial charge on any atom is 0.321 e. The van der Waals surface area contributed by atoms with Crippen molar-refractivity contribution in [1.82, 2.24) is 16.0 Å². The van der Waals surface area contributed by atoms with Gasteiger partial charge in [-0.15, -0.1) is 0 Å². The number of fused-ring (bicyclic) bond motifs is 1. The summed E-state index contributed by atoms with van der Waals surface area (Å²) in [5, 5.41) is 8.10. The van der Waals surface area contributed by atoms with Gasteiger partial charge in [0.05, 0.1) is 5.92 Å². The van der Waals surface area contributed by atoms with E-state index >= 15 is 0 Å². The van der Waals surface area contributed by atoms with Crippen LogP contribution in [0.1, 0.15) is 6.42 Å². The summed E-state index contributed by atoms with van der Waals surface area (Å²) in [5.41, 5.74) is 0. The van der Waals surface area contributed by atoms with E-state index in [9.17, 15) is 9.59 Å². The number of hydrogen-bond acceptors (Lipinski definition) is 3. The number of imide groups is 1. The molecule has 0 saturated carbocycles. The fraction of sp³-hybridized carbons (Fsp3) is 0.714. The Bertz CT molecular complexity index is 229. The van der Waals surface area contributed by atoms with Gasteiger partial charge in [-0.25, -0.2) is 4.79 Å². The molecule has 0 radical (unpaired) electrons. The van der Waals surface area contributed by atoms with E-state index in [-0.39, 0.29) is 23.9 Å². The molecule has 2 heterocycles. The van der Waals surface area contributed by atoms with Gasteiger partial charge in [0, 0.05) is 12.6 Å². The zero-order chi connectivity index (χ0) is 8.55. The van der Waals surface area contributed by atoms with Gasteiger partial charge < -0.3 is 10.6 Å². The maximum absolute atomic E-state index is 11.2. The first-order valence-electron chi connectivity index (χ1n) is 4.09. The van der Waals surface area contributed by atoms with Crippen LogP contribution in [0.3, 0.4) is 0 Å². The number of carbonyl (C=O) groups is 2. The largest absolute Gasteiger partial charge is 0.334 e. The van der Waals surface area contributed by atoms with E-state index in [2.05, 4.69) is 16.0 Å². The van der Waals surface area contributed by atoms with Crippen molar-refractivity contribution < 1.29 is 9.59 Å². The zero-order valence-electron chi connectivity index (χ0n) is 6.59. The highest BCUT2D eigenvalue weighted by atomic mass is 16.2. The molecule has 2 aliphatic rings. The molecule has 2 saturated heterocycles. The molecule has 66 valence electrons. The van der Waals surface area contributed by atoms with Crippen molar-refractivity contribution in [2.24, 2.45) is 5.92 Å². The van der Waals surface area contributed by atoms with Gasteiger partial charge in [-0.3, -0.25) is 10.1 Å². The summed E-state index contributed by atoms with van der Waals surface area (Å²) in [4.78, 5) is 22.1. The van der Waals surface area contributed by atoms with Gasteiger partial charge in [0.15, 0.2) is 0 Å². The summed E-state index contributed by atoms with van der Waals surface area (Å²) in [5.74, 6) is -0.243. The van der Waals surface area contributed by atoms with Gasteiger partial charge in [0.25, 0.3) is 0 Å². The molecule has 0 spiro atoms. The van der Waals surface area contributed by atoms with Crippen LogP contribution in [-0.4, -0.2) is 31.1 Å². The Labute approximate surface area is 69.9 Å². The Morgan fingerprint density at radius 1 is 1.33 bits per heavy atom. The molecule has 0 unspecified atom stereocenters. The fourth-order valence-electron chi connectivity index (χ4n) is 1.72. The first-order valence-corrected chi connectivity index (χ1v) is 4.09.